The van der Waals surface area contributed by atoms with E-state index in [0.717, 1.165) is 6.08 Å². The van der Waals surface area contributed by atoms with Crippen LogP contribution in [0.5, 0.6) is 0 Å². The highest BCUT2D eigenvalue weighted by molar-refractivity contribution is 5.86. The maximum Gasteiger partial charge on any atom is 0.333 e. The molecule has 0 aliphatic rings. The SMILES string of the molecule is C=C(C(=O)O)C(O)CC.C=CC(=O)O. The van der Waals surface area contributed by atoms with Crippen molar-refractivity contribution in [1.29, 1.82) is 0 Å². The van der Waals surface area contributed by atoms with Crippen LogP contribution >= 0.6 is 0 Å². The minimum absolute atomic E-state index is 0.141. The Hall–Kier alpha value is -1.62. The predicted octanol–water partition coefficient (Wildman–Crippen LogP) is 0.655. The van der Waals surface area contributed by atoms with Crippen molar-refractivity contribution >= 4 is 11.9 Å². The third-order valence-electron chi connectivity index (χ3n) is 1.24. The van der Waals surface area contributed by atoms with Crippen molar-refractivity contribution in [3.8, 4) is 0 Å². The Bertz CT molecular complexity index is 231. The van der Waals surface area contributed by atoms with Gasteiger partial charge in [-0.1, -0.05) is 20.1 Å². The van der Waals surface area contributed by atoms with Crippen LogP contribution < -0.4 is 0 Å². The summed E-state index contributed by atoms with van der Waals surface area (Å²) in [4.78, 5) is 19.3. The molecule has 0 rings (SSSR count). The zero-order chi connectivity index (χ0) is 11.7. The quantitative estimate of drug-likeness (QED) is 0.582. The number of hydrogen-bond acceptors (Lipinski definition) is 3. The molecule has 0 aromatic heterocycles. The first-order chi connectivity index (χ1) is 6.36. The standard InChI is InChI=1S/C6H10O3.C3H4O2/c1-3-5(7)4(2)6(8)9;1-2-3(4)5/h5,7H,2-3H2,1H3,(H,8,9);2H,1H2,(H,4,5). The van der Waals surface area contributed by atoms with E-state index in [9.17, 15) is 9.59 Å². The molecule has 14 heavy (non-hydrogen) atoms. The molecule has 1 unspecified atom stereocenters. The fourth-order valence-electron chi connectivity index (χ4n) is 0.389. The van der Waals surface area contributed by atoms with Crippen LogP contribution in [0.3, 0.4) is 0 Å². The maximum atomic E-state index is 10.0. The number of carbonyl (C=O) groups is 2. The van der Waals surface area contributed by atoms with E-state index in [4.69, 9.17) is 15.3 Å². The Morgan fingerprint density at radius 3 is 1.86 bits per heavy atom. The summed E-state index contributed by atoms with van der Waals surface area (Å²) in [5, 5.41) is 24.6. The largest absolute Gasteiger partial charge is 0.478 e. The van der Waals surface area contributed by atoms with Crippen molar-refractivity contribution in [3.05, 3.63) is 24.8 Å². The van der Waals surface area contributed by atoms with Gasteiger partial charge in [0.25, 0.3) is 0 Å². The van der Waals surface area contributed by atoms with Crippen LogP contribution in [0.2, 0.25) is 0 Å². The van der Waals surface area contributed by atoms with Crippen molar-refractivity contribution in [1.82, 2.24) is 0 Å². The van der Waals surface area contributed by atoms with Crippen molar-refractivity contribution in [2.24, 2.45) is 0 Å². The van der Waals surface area contributed by atoms with Gasteiger partial charge in [-0.05, 0) is 6.42 Å². The molecule has 3 N–H and O–H groups in total. The van der Waals surface area contributed by atoms with Gasteiger partial charge >= 0.3 is 11.9 Å². The van der Waals surface area contributed by atoms with Crippen LogP contribution in [-0.4, -0.2) is 33.4 Å². The lowest BCUT2D eigenvalue weighted by Crippen LogP contribution is -2.15. The summed E-state index contributed by atoms with van der Waals surface area (Å²) in [6.45, 7) is 7.83. The zero-order valence-electron chi connectivity index (χ0n) is 7.93. The average molecular weight is 202 g/mol. The number of hydrogen-bond donors (Lipinski definition) is 3. The first-order valence-corrected chi connectivity index (χ1v) is 3.82. The highest BCUT2D eigenvalue weighted by Gasteiger charge is 2.11. The first-order valence-electron chi connectivity index (χ1n) is 3.82. The molecule has 0 aliphatic carbocycles. The Morgan fingerprint density at radius 1 is 1.43 bits per heavy atom. The first kappa shape index (κ1) is 14.9. The monoisotopic (exact) mass is 202 g/mol. The molecule has 5 nitrogen and oxygen atoms in total. The number of carboxylic acids is 2. The van der Waals surface area contributed by atoms with Crippen LogP contribution in [-0.2, 0) is 9.59 Å². The fourth-order valence-corrected chi connectivity index (χ4v) is 0.389. The van der Waals surface area contributed by atoms with Crippen LogP contribution in [0.15, 0.2) is 24.8 Å². The summed E-state index contributed by atoms with van der Waals surface area (Å²) in [7, 11) is 0. The lowest BCUT2D eigenvalue weighted by Gasteiger charge is -2.04. The van der Waals surface area contributed by atoms with Crippen LogP contribution in [0, 0.1) is 0 Å². The molecule has 0 saturated carbocycles. The van der Waals surface area contributed by atoms with Gasteiger partial charge in [0, 0.05) is 6.08 Å². The van der Waals surface area contributed by atoms with Gasteiger partial charge < -0.3 is 15.3 Å². The second-order valence-corrected chi connectivity index (χ2v) is 2.30. The minimum Gasteiger partial charge on any atom is -0.478 e. The molecule has 0 aromatic carbocycles. The topological polar surface area (TPSA) is 94.8 Å². The fraction of sp³-hybridized carbons (Fsp3) is 0.333. The van der Waals surface area contributed by atoms with Crippen molar-refractivity contribution in [2.75, 3.05) is 0 Å². The van der Waals surface area contributed by atoms with Crippen molar-refractivity contribution in [3.63, 3.8) is 0 Å². The summed E-state index contributed by atoms with van der Waals surface area (Å²) in [6.07, 6.45) is 0.327. The molecule has 0 fully saturated rings. The van der Waals surface area contributed by atoms with Crippen LogP contribution in [0.25, 0.3) is 0 Å². The summed E-state index contributed by atoms with van der Waals surface area (Å²) in [6, 6.07) is 0. The minimum atomic E-state index is -1.13. The third-order valence-corrected chi connectivity index (χ3v) is 1.24. The highest BCUT2D eigenvalue weighted by Crippen LogP contribution is 2.02. The maximum absolute atomic E-state index is 10.0. The number of carboxylic acid groups (broad SMARTS) is 2. The summed E-state index contributed by atoms with van der Waals surface area (Å²) in [5.74, 6) is -2.12. The summed E-state index contributed by atoms with van der Waals surface area (Å²) in [5.41, 5.74) is -0.141. The summed E-state index contributed by atoms with van der Waals surface area (Å²) < 4.78 is 0. The predicted molar refractivity (Wildman–Crippen MR) is 50.9 cm³/mol. The number of aliphatic hydroxyl groups excluding tert-OH is 1. The molecule has 1 atom stereocenters. The van der Waals surface area contributed by atoms with Crippen LogP contribution in [0.4, 0.5) is 0 Å². The van der Waals surface area contributed by atoms with E-state index in [2.05, 4.69) is 13.2 Å². The lowest BCUT2D eigenvalue weighted by molar-refractivity contribution is -0.134. The van der Waals surface area contributed by atoms with Crippen molar-refractivity contribution < 1.29 is 24.9 Å². The van der Waals surface area contributed by atoms with Gasteiger partial charge in [-0.3, -0.25) is 0 Å². The van der Waals surface area contributed by atoms with E-state index in [-0.39, 0.29) is 5.57 Å². The Morgan fingerprint density at radius 2 is 1.79 bits per heavy atom. The molecule has 0 aliphatic heterocycles. The van der Waals surface area contributed by atoms with E-state index in [1.165, 1.54) is 0 Å². The normalized spacial score (nSPS) is 10.4. The zero-order valence-corrected chi connectivity index (χ0v) is 7.93. The Kier molecular flexibility index (Phi) is 8.50. The Balaban J connectivity index is 0. The molecule has 5 heteroatoms. The molecule has 0 heterocycles. The van der Waals surface area contributed by atoms with Gasteiger partial charge in [-0.15, -0.1) is 0 Å². The van der Waals surface area contributed by atoms with Gasteiger partial charge in [0.05, 0.1) is 11.7 Å². The van der Waals surface area contributed by atoms with Crippen LogP contribution in [0.1, 0.15) is 13.3 Å². The number of rotatable bonds is 4. The van der Waals surface area contributed by atoms with Gasteiger partial charge in [-0.25, -0.2) is 9.59 Å². The average Bonchev–Trinajstić information content (AvgIpc) is 2.16. The molecular weight excluding hydrogens is 188 g/mol. The second-order valence-electron chi connectivity index (χ2n) is 2.30. The smallest absolute Gasteiger partial charge is 0.333 e. The molecule has 0 spiro atoms. The highest BCUT2D eigenvalue weighted by atomic mass is 16.4. The molecular formula is C9H14O5. The van der Waals surface area contributed by atoms with E-state index in [1.807, 2.05) is 0 Å². The molecule has 80 valence electrons. The van der Waals surface area contributed by atoms with Gasteiger partial charge in [0.15, 0.2) is 0 Å². The molecule has 0 radical (unpaired) electrons. The van der Waals surface area contributed by atoms with E-state index >= 15 is 0 Å². The molecule has 0 aromatic rings. The third kappa shape index (κ3) is 8.48. The van der Waals surface area contributed by atoms with Gasteiger partial charge in [0.2, 0.25) is 0 Å². The summed E-state index contributed by atoms with van der Waals surface area (Å²) >= 11 is 0. The number of aliphatic carboxylic acids is 2. The molecule has 0 amide bonds. The van der Waals surface area contributed by atoms with Gasteiger partial charge in [-0.2, -0.15) is 0 Å². The van der Waals surface area contributed by atoms with E-state index in [1.54, 1.807) is 6.92 Å². The lowest BCUT2D eigenvalue weighted by atomic mass is 10.1. The number of aliphatic hydroxyl groups is 1. The second kappa shape index (κ2) is 8.00. The molecule has 0 saturated heterocycles. The van der Waals surface area contributed by atoms with Gasteiger partial charge in [0.1, 0.15) is 0 Å². The van der Waals surface area contributed by atoms with E-state index in [0.29, 0.717) is 6.42 Å². The molecule has 0 bridgehead atoms. The Labute approximate surface area is 82.0 Å². The van der Waals surface area contributed by atoms with E-state index < -0.39 is 18.0 Å². The van der Waals surface area contributed by atoms with Crippen molar-refractivity contribution in [2.45, 2.75) is 19.4 Å².